The molecule has 66 valence electrons. The van der Waals surface area contributed by atoms with Crippen molar-refractivity contribution in [1.82, 2.24) is 0 Å². The topological polar surface area (TPSA) is 63.2 Å². The Bertz CT molecular complexity index is 316. The third-order valence-electron chi connectivity index (χ3n) is 0. The van der Waals surface area contributed by atoms with Crippen LogP contribution >= 0.6 is 0 Å². The van der Waals surface area contributed by atoms with Crippen LogP contribution in [0.4, 0.5) is 18.6 Å². The van der Waals surface area contributed by atoms with Gasteiger partial charge in [0.05, 0.1) is 0 Å². The van der Waals surface area contributed by atoms with Gasteiger partial charge < -0.3 is 0 Å². The number of hydrogen-bond donors (Lipinski definition) is 0. The molecule has 0 saturated heterocycles. The molecule has 0 aliphatic heterocycles. The molecule has 0 aromatic carbocycles. The Hall–Kier alpha value is 3.29. The first-order chi connectivity index (χ1) is 3.00. The van der Waals surface area contributed by atoms with Gasteiger partial charge in [0.25, 0.3) is 0 Å². The minimum absolute atomic E-state index is 0. The maximum atomic E-state index is 10.3. The second-order valence-electron chi connectivity index (χ2n) is 2.71. The standard InChI is InChI=1S/6FH.2K.3O.Ti/h6*1H;;;;;;/q;;;;;;2*+1;;2*-1;+6/p-6. The van der Waals surface area contributed by atoms with Crippen LogP contribution in [0.3, 0.4) is 0 Å². The van der Waals surface area contributed by atoms with Crippen molar-refractivity contribution >= 4 is 0 Å². The molecule has 0 aliphatic rings. The molecule has 0 saturated carbocycles. The quantitative estimate of drug-likeness (QED) is 0.329. The van der Waals surface area contributed by atoms with E-state index in [0.29, 0.717) is 0 Å². The summed E-state index contributed by atoms with van der Waals surface area (Å²) < 4.78 is 85.8. The molecular weight excluding hydrogens is 288 g/mol. The van der Waals surface area contributed by atoms with E-state index in [1.165, 1.54) is 0 Å². The van der Waals surface area contributed by atoms with Crippen LogP contribution in [0.15, 0.2) is 0 Å². The second-order valence-corrected chi connectivity index (χ2v) is 11.2. The Labute approximate surface area is 142 Å². The van der Waals surface area contributed by atoms with Crippen LogP contribution < -0.4 is 110 Å². The summed E-state index contributed by atoms with van der Waals surface area (Å²) in [6.07, 6.45) is 0. The third kappa shape index (κ3) is 186. The third-order valence-corrected chi connectivity index (χ3v) is 0. The van der Waals surface area contributed by atoms with E-state index < -0.39 is 14.1 Å². The Balaban J connectivity index is -0.000000405. The van der Waals surface area contributed by atoms with Crippen LogP contribution in [0.25, 0.3) is 0 Å². The summed E-state index contributed by atoms with van der Waals surface area (Å²) in [7, 11) is 0. The van der Waals surface area contributed by atoms with Crippen molar-refractivity contribution in [2.24, 2.45) is 0 Å². The van der Waals surface area contributed by atoms with E-state index >= 15 is 0 Å². The maximum absolute atomic E-state index is 16.5. The molecule has 0 atom stereocenters. The summed E-state index contributed by atoms with van der Waals surface area (Å²) in [5.74, 6) is 0. The molecule has 12 heteroatoms. The molecule has 0 bridgehead atoms. The molecular formula is F6K2O3Ti. The predicted octanol–water partition coefficient (Wildman–Crippen LogP) is -5.97. The first-order valence-electron chi connectivity index (χ1n) is 1.75. The zero-order valence-corrected chi connectivity index (χ0v) is 13.8. The van der Waals surface area contributed by atoms with E-state index in [9.17, 15) is 18.6 Å². The molecule has 0 spiro atoms. The van der Waals surface area contributed by atoms with Crippen molar-refractivity contribution in [3.63, 3.8) is 0 Å². The molecule has 3 nitrogen and oxygen atoms in total. The number of hydrogen-bond acceptors (Lipinski definition) is 3. The van der Waals surface area contributed by atoms with Gasteiger partial charge in [-0.1, -0.05) is 0 Å². The monoisotopic (exact) mass is 288 g/mol. The summed E-state index contributed by atoms with van der Waals surface area (Å²) in [4.78, 5) is 0. The van der Waals surface area contributed by atoms with Crippen LogP contribution in [0.5, 0.6) is 0 Å². The van der Waals surface area contributed by atoms with Crippen LogP contribution in [-0.4, -0.2) is 0 Å². The van der Waals surface area contributed by atoms with E-state index in [4.69, 9.17) is 10.7 Å². The van der Waals surface area contributed by atoms with Gasteiger partial charge in [0.2, 0.25) is 0 Å². The van der Waals surface area contributed by atoms with Gasteiger partial charge in [-0.25, -0.2) is 0 Å². The van der Waals surface area contributed by atoms with Crippen LogP contribution in [0, 0.1) is 0 Å². The van der Waals surface area contributed by atoms with Gasteiger partial charge in [-0.05, 0) is 0 Å². The summed E-state index contributed by atoms with van der Waals surface area (Å²) in [5, 5.41) is 0. The second kappa shape index (κ2) is 1.63. The van der Waals surface area contributed by atoms with Crippen molar-refractivity contribution in [3.05, 3.63) is 0 Å². The molecule has 0 aromatic rings. The Kier molecular flexibility index (Phi) is 2.81. The first-order valence-corrected chi connectivity index (χ1v) is 7.20. The molecule has 0 N–H and O–H groups in total. The van der Waals surface area contributed by atoms with E-state index in [0.717, 1.165) is 0 Å². The molecule has 0 fully saturated rings. The van der Waals surface area contributed by atoms with E-state index in [1.54, 1.807) is 0 Å². The molecule has 0 amide bonds. The predicted molar refractivity (Wildman–Crippen MR) is 7.33 cm³/mol. The fourth-order valence-electron chi connectivity index (χ4n) is 0. The number of halogens is 6. The van der Waals surface area contributed by atoms with Gasteiger partial charge in [-0.15, -0.1) is 0 Å². The Morgan fingerprint density at radius 3 is 0.750 bits per heavy atom. The van der Waals surface area contributed by atoms with Gasteiger partial charge >= 0.3 is 146 Å². The van der Waals surface area contributed by atoms with Gasteiger partial charge in [0.1, 0.15) is 0 Å². The van der Waals surface area contributed by atoms with Crippen molar-refractivity contribution < 1.29 is 146 Å². The average Bonchev–Trinajstić information content (AvgIpc) is 0.469. The summed E-state index contributed by atoms with van der Waals surface area (Å²) in [6, 6.07) is 0. The van der Waals surface area contributed by atoms with Gasteiger partial charge in [0.15, 0.2) is 0 Å². The summed E-state index contributed by atoms with van der Waals surface area (Å²) in [6.45, 7) is 0. The molecule has 0 aliphatic carbocycles. The van der Waals surface area contributed by atoms with E-state index in [2.05, 4.69) is 0 Å². The molecule has 0 unspecified atom stereocenters. The van der Waals surface area contributed by atoms with Crippen molar-refractivity contribution in [1.29, 1.82) is 0 Å². The SMILES string of the molecule is [K+].[K+].[O]=[Ti]([O-])([O-])([F])([F])([F])([F])([F])[F]. The van der Waals surface area contributed by atoms with Crippen molar-refractivity contribution in [2.75, 3.05) is 0 Å². The molecule has 0 aromatic heterocycles. The molecule has 0 radical (unpaired) electrons. The normalized spacial score (nSPS) is 29.2. The molecule has 0 rings (SSSR count). The Morgan fingerprint density at radius 1 is 0.750 bits per heavy atom. The zero-order chi connectivity index (χ0) is 9.33. The average molecular weight is 288 g/mol. The van der Waals surface area contributed by atoms with Crippen LogP contribution in [0.1, 0.15) is 0 Å². The molecule has 0 heterocycles. The number of rotatable bonds is 0. The van der Waals surface area contributed by atoms with E-state index in [1.807, 2.05) is 0 Å². The summed E-state index contributed by atoms with van der Waals surface area (Å²) >= 11 is -16.5. The Morgan fingerprint density at radius 2 is 0.750 bits per heavy atom. The van der Waals surface area contributed by atoms with E-state index in [-0.39, 0.29) is 103 Å². The minimum atomic E-state index is -16.5. The fraction of sp³-hybridized carbons (Fsp3) is 0. The summed E-state index contributed by atoms with van der Waals surface area (Å²) in [5.41, 5.74) is 0. The van der Waals surface area contributed by atoms with Gasteiger partial charge in [-0.3, -0.25) is 0 Å². The van der Waals surface area contributed by atoms with Gasteiger partial charge in [-0.2, -0.15) is 0 Å². The van der Waals surface area contributed by atoms with Crippen molar-refractivity contribution in [2.45, 2.75) is 0 Å². The van der Waals surface area contributed by atoms with Crippen molar-refractivity contribution in [3.8, 4) is 0 Å². The first kappa shape index (κ1) is 20.7. The van der Waals surface area contributed by atoms with Crippen LogP contribution in [0.2, 0.25) is 0 Å². The zero-order valence-electron chi connectivity index (χ0n) is 5.99. The molecule has 12 heavy (non-hydrogen) atoms. The van der Waals surface area contributed by atoms with Gasteiger partial charge in [0, 0.05) is 0 Å². The van der Waals surface area contributed by atoms with Crippen LogP contribution in [-0.2, 0) is 17.5 Å². The fourth-order valence-corrected chi connectivity index (χ4v) is 0.